The van der Waals surface area contributed by atoms with Gasteiger partial charge in [0, 0.05) is 0 Å². The van der Waals surface area contributed by atoms with Gasteiger partial charge in [-0.1, -0.05) is 0 Å². The molecule has 0 saturated carbocycles. The Bertz CT molecular complexity index is 104. The van der Waals surface area contributed by atoms with Crippen molar-refractivity contribution >= 4 is 44.2 Å². The second-order valence-electron chi connectivity index (χ2n) is 0.553. The molecule has 0 amide bonds. The molecule has 0 aromatic rings. The molecule has 11 heteroatoms. The number of rotatable bonds is 0. The Morgan fingerprint density at radius 2 is 1.00 bits per heavy atom. The summed E-state index contributed by atoms with van der Waals surface area (Å²) in [6.07, 6.45) is 0. The Kier molecular flexibility index (Phi) is 42.1. The minimum Gasteiger partial charge on any atom is -0.483 e. The van der Waals surface area contributed by atoms with Crippen LogP contribution in [0.5, 0.6) is 0 Å². The molecule has 0 aliphatic carbocycles. The van der Waals surface area contributed by atoms with E-state index in [9.17, 15) is 0 Å². The Hall–Kier alpha value is -0.870. The van der Waals surface area contributed by atoms with Gasteiger partial charge in [0.05, 0.1) is 10.2 Å². The van der Waals surface area contributed by atoms with Crippen LogP contribution in [0.25, 0.3) is 0 Å². The summed E-state index contributed by atoms with van der Waals surface area (Å²) in [4.78, 5) is 24.9. The zero-order valence-corrected chi connectivity index (χ0v) is 7.69. The molecule has 0 heterocycles. The molecule has 0 atom stereocenters. The molecule has 0 saturated heterocycles. The van der Waals surface area contributed by atoms with Crippen molar-refractivity contribution in [3.05, 3.63) is 30.6 Å². The van der Waals surface area contributed by atoms with E-state index in [0.717, 1.165) is 0 Å². The van der Waals surface area contributed by atoms with Crippen LogP contribution in [0.3, 0.4) is 0 Å². The molecule has 0 unspecified atom stereocenters. The Balaban J connectivity index is -0.0000000389. The van der Waals surface area contributed by atoms with Gasteiger partial charge in [-0.25, -0.2) is 0 Å². The summed E-state index contributed by atoms with van der Waals surface area (Å²) >= 11 is 0. The first-order valence-corrected chi connectivity index (χ1v) is 1.59. The van der Waals surface area contributed by atoms with Gasteiger partial charge in [0.1, 0.15) is 0 Å². The summed E-state index contributed by atoms with van der Waals surface area (Å²) in [7, 11) is 0. The van der Waals surface area contributed by atoms with Gasteiger partial charge >= 0.3 is 37.7 Å². The van der Waals surface area contributed by atoms with Crippen molar-refractivity contribution < 1.29 is 20.1 Å². The zero-order valence-electron chi connectivity index (χ0n) is 5.48. The summed E-state index contributed by atoms with van der Waals surface area (Å²) in [6, 6.07) is 0. The molecule has 0 aromatic carbocycles. The molecule has 0 spiro atoms. The minimum atomic E-state index is -1.75. The fourth-order valence-corrected chi connectivity index (χ4v) is 0. The molecule has 10 nitrogen and oxygen atoms in total. The van der Waals surface area contributed by atoms with Crippen molar-refractivity contribution in [3.63, 3.8) is 0 Å². The second kappa shape index (κ2) is 22.5. The van der Waals surface area contributed by atoms with E-state index in [4.69, 9.17) is 40.5 Å². The first kappa shape index (κ1) is 22.5. The van der Waals surface area contributed by atoms with Crippen LogP contribution in [0.4, 0.5) is 0 Å². The molecule has 0 rings (SSSR count). The molecule has 0 aliphatic rings. The smallest absolute Gasteiger partial charge is 0.483 e. The summed E-state index contributed by atoms with van der Waals surface area (Å²) in [5, 5.41) is 36.4. The topological polar surface area (TPSA) is 170 Å². The summed E-state index contributed by atoms with van der Waals surface area (Å²) in [5.41, 5.74) is 0. The van der Waals surface area contributed by atoms with E-state index in [1.54, 1.807) is 0 Å². The van der Waals surface area contributed by atoms with Crippen molar-refractivity contribution in [2.45, 2.75) is 0 Å². The molecule has 1 N–H and O–H groups in total. The van der Waals surface area contributed by atoms with Gasteiger partial charge in [0.15, 0.2) is 0 Å². The van der Waals surface area contributed by atoms with Crippen LogP contribution in [0.1, 0.15) is 0 Å². The monoisotopic (exact) mass is 210 g/mol. The van der Waals surface area contributed by atoms with Crippen LogP contribution in [-0.4, -0.2) is 59.5 Å². The van der Waals surface area contributed by atoms with Gasteiger partial charge < -0.3 is 35.7 Å². The number of nitrogens with zero attached hydrogens (tertiary/aromatic N) is 2. The van der Waals surface area contributed by atoms with Crippen molar-refractivity contribution in [3.8, 4) is 0 Å². The van der Waals surface area contributed by atoms with Crippen LogP contribution in [0, 0.1) is 30.6 Å². The fraction of sp³-hybridized carbons (Fsp3) is 0. The van der Waals surface area contributed by atoms with Crippen molar-refractivity contribution in [1.29, 1.82) is 0 Å². The van der Waals surface area contributed by atoms with Crippen molar-refractivity contribution in [1.82, 2.24) is 0 Å². The predicted molar refractivity (Wildman–Crippen MR) is 35.2 cm³/mol. The molecule has 66 valence electrons. The number of hydrogen-bond donors (Lipinski definition) is 1. The Morgan fingerprint density at radius 1 is 1.00 bits per heavy atom. The molecular weight excluding hydrogens is 208 g/mol. The average Bonchev–Trinajstić information content (AvgIpc) is 1.60. The quantitative estimate of drug-likeness (QED) is 0.225. The Labute approximate surface area is 94.6 Å². The van der Waals surface area contributed by atoms with E-state index in [1.165, 1.54) is 0 Å². The predicted octanol–water partition coefficient (Wildman–Crippen LogP) is -1.16. The van der Waals surface area contributed by atoms with E-state index >= 15 is 0 Å². The fourth-order valence-electron chi connectivity index (χ4n) is 0. The van der Waals surface area contributed by atoms with E-state index in [2.05, 4.69) is 0 Å². The van der Waals surface area contributed by atoms with Crippen LogP contribution >= 0.6 is 0 Å². The van der Waals surface area contributed by atoms with Gasteiger partial charge in [0.2, 0.25) is 0 Å². The van der Waals surface area contributed by atoms with Crippen molar-refractivity contribution in [2.75, 3.05) is 0 Å². The molecule has 0 radical (unpaired) electrons. The maximum atomic E-state index is 8.36. The van der Waals surface area contributed by atoms with Gasteiger partial charge in [-0.15, -0.1) is 0 Å². The first-order valence-electron chi connectivity index (χ1n) is 1.59. The third kappa shape index (κ3) is 797. The SMILES string of the molecule is O=CO.O=[N+]([O-])[O-].O=[N+]([O-])[O-].[Ca+2]. The number of carbonyl (C=O) groups is 1. The van der Waals surface area contributed by atoms with E-state index in [1.807, 2.05) is 0 Å². The van der Waals surface area contributed by atoms with E-state index < -0.39 is 10.2 Å². The van der Waals surface area contributed by atoms with Crippen LogP contribution in [0.2, 0.25) is 0 Å². The molecular formula is CH2CaN2O8. The number of hydrogen-bond acceptors (Lipinski definition) is 7. The van der Waals surface area contributed by atoms with Crippen LogP contribution in [0.15, 0.2) is 0 Å². The third-order valence-electron chi connectivity index (χ3n) is 0. The summed E-state index contributed by atoms with van der Waals surface area (Å²) in [6.45, 7) is -0.250. The van der Waals surface area contributed by atoms with Gasteiger partial charge in [0.25, 0.3) is 6.47 Å². The van der Waals surface area contributed by atoms with Gasteiger partial charge in [-0.2, -0.15) is 0 Å². The Morgan fingerprint density at radius 3 is 1.00 bits per heavy atom. The normalized spacial score (nSPS) is 5.00. The first-order chi connectivity index (χ1) is 4.88. The summed E-state index contributed by atoms with van der Waals surface area (Å²) < 4.78 is 0. The van der Waals surface area contributed by atoms with E-state index in [-0.39, 0.29) is 44.2 Å². The van der Waals surface area contributed by atoms with Gasteiger partial charge in [-0.3, -0.25) is 4.79 Å². The largest absolute Gasteiger partial charge is 2.00 e. The van der Waals surface area contributed by atoms with Gasteiger partial charge in [-0.05, 0) is 0 Å². The molecule has 12 heavy (non-hydrogen) atoms. The molecule has 0 bridgehead atoms. The maximum absolute atomic E-state index is 8.36. The van der Waals surface area contributed by atoms with E-state index in [0.29, 0.717) is 0 Å². The maximum Gasteiger partial charge on any atom is 2.00 e. The van der Waals surface area contributed by atoms with Crippen molar-refractivity contribution in [2.24, 2.45) is 0 Å². The standard InChI is InChI=1S/CH2O2.Ca.2NO3/c2-1-3;;2*2-1(3)4/h1H,(H,2,3);;;/q;+2;2*-1. The minimum absolute atomic E-state index is 0. The average molecular weight is 210 g/mol. The molecule has 0 aliphatic heterocycles. The second-order valence-corrected chi connectivity index (χ2v) is 0.553. The van der Waals surface area contributed by atoms with Crippen LogP contribution < -0.4 is 0 Å². The zero-order chi connectivity index (χ0) is 9.86. The molecule has 0 fully saturated rings. The summed E-state index contributed by atoms with van der Waals surface area (Å²) in [5.74, 6) is 0. The van der Waals surface area contributed by atoms with Crippen LogP contribution in [-0.2, 0) is 4.79 Å². The third-order valence-corrected chi connectivity index (χ3v) is 0. The molecule has 0 aromatic heterocycles. The number of carboxylic acid groups (broad SMARTS) is 1.